The minimum Gasteiger partial charge on any atom is -0.383 e. The van der Waals surface area contributed by atoms with Gasteiger partial charge in [0.25, 0.3) is 0 Å². The molecule has 1 unspecified atom stereocenters. The van der Waals surface area contributed by atoms with Crippen LogP contribution in [0.2, 0.25) is 5.15 Å². The summed E-state index contributed by atoms with van der Waals surface area (Å²) in [5, 5.41) is 14.4. The van der Waals surface area contributed by atoms with Crippen LogP contribution in [0, 0.1) is 18.6 Å². The standard InChI is InChI=1S/C12H11ClF2N2O/c1-6-10(12(13)17(2)16-6)11(18)8-4-3-7(14)5-9(8)15/h3-5,11,18H,1-2H3. The summed E-state index contributed by atoms with van der Waals surface area (Å²) in [4.78, 5) is 0. The third-order valence-electron chi connectivity index (χ3n) is 2.73. The van der Waals surface area contributed by atoms with Crippen molar-refractivity contribution in [2.24, 2.45) is 7.05 Å². The van der Waals surface area contributed by atoms with Gasteiger partial charge in [-0.25, -0.2) is 8.78 Å². The molecule has 1 aromatic heterocycles. The Hall–Kier alpha value is -1.46. The Morgan fingerprint density at radius 2 is 2.06 bits per heavy atom. The van der Waals surface area contributed by atoms with Crippen molar-refractivity contribution in [3.05, 3.63) is 51.8 Å². The Morgan fingerprint density at radius 3 is 2.56 bits per heavy atom. The molecule has 18 heavy (non-hydrogen) atoms. The molecular weight excluding hydrogens is 262 g/mol. The van der Waals surface area contributed by atoms with Crippen LogP contribution in [0.4, 0.5) is 8.78 Å². The van der Waals surface area contributed by atoms with E-state index in [1.54, 1.807) is 14.0 Å². The van der Waals surface area contributed by atoms with Crippen LogP contribution >= 0.6 is 11.6 Å². The average Bonchev–Trinajstić information content (AvgIpc) is 2.52. The van der Waals surface area contributed by atoms with Gasteiger partial charge in [-0.05, 0) is 13.0 Å². The van der Waals surface area contributed by atoms with Crippen LogP contribution in [0.3, 0.4) is 0 Å². The van der Waals surface area contributed by atoms with E-state index in [-0.39, 0.29) is 10.7 Å². The predicted molar refractivity (Wildman–Crippen MR) is 63.4 cm³/mol. The molecule has 1 atom stereocenters. The molecule has 0 aliphatic carbocycles. The lowest BCUT2D eigenvalue weighted by atomic mass is 10.0. The molecule has 0 amide bonds. The number of halogens is 3. The number of aliphatic hydroxyl groups excluding tert-OH is 1. The summed E-state index contributed by atoms with van der Waals surface area (Å²) >= 11 is 5.99. The zero-order chi connectivity index (χ0) is 13.4. The Labute approximate surface area is 108 Å². The molecule has 2 aromatic rings. The normalized spacial score (nSPS) is 12.8. The number of nitrogens with zero attached hydrogens (tertiary/aromatic N) is 2. The van der Waals surface area contributed by atoms with E-state index in [4.69, 9.17) is 11.6 Å². The summed E-state index contributed by atoms with van der Waals surface area (Å²) in [6, 6.07) is 3.00. The Kier molecular flexibility index (Phi) is 3.36. The summed E-state index contributed by atoms with van der Waals surface area (Å²) in [5.41, 5.74) is 0.790. The van der Waals surface area contributed by atoms with Gasteiger partial charge in [0, 0.05) is 24.2 Å². The van der Waals surface area contributed by atoms with E-state index in [1.165, 1.54) is 10.7 Å². The van der Waals surface area contributed by atoms with Crippen LogP contribution in [-0.4, -0.2) is 14.9 Å². The van der Waals surface area contributed by atoms with Crippen LogP contribution in [0.1, 0.15) is 22.9 Å². The van der Waals surface area contributed by atoms with Crippen molar-refractivity contribution in [2.75, 3.05) is 0 Å². The fraction of sp³-hybridized carbons (Fsp3) is 0.250. The molecule has 1 aromatic carbocycles. The zero-order valence-electron chi connectivity index (χ0n) is 9.78. The molecule has 1 N–H and O–H groups in total. The van der Waals surface area contributed by atoms with E-state index in [0.717, 1.165) is 12.1 Å². The molecule has 6 heteroatoms. The monoisotopic (exact) mass is 272 g/mol. The highest BCUT2D eigenvalue weighted by Gasteiger charge is 2.23. The van der Waals surface area contributed by atoms with Gasteiger partial charge in [0.15, 0.2) is 0 Å². The van der Waals surface area contributed by atoms with Crippen LogP contribution < -0.4 is 0 Å². The molecule has 0 aliphatic heterocycles. The topological polar surface area (TPSA) is 38.0 Å². The zero-order valence-corrected chi connectivity index (χ0v) is 10.5. The van der Waals surface area contributed by atoms with Crippen LogP contribution in [0.25, 0.3) is 0 Å². The van der Waals surface area contributed by atoms with Gasteiger partial charge in [0.1, 0.15) is 22.9 Å². The van der Waals surface area contributed by atoms with E-state index >= 15 is 0 Å². The highest BCUT2D eigenvalue weighted by molar-refractivity contribution is 6.30. The van der Waals surface area contributed by atoms with E-state index in [0.29, 0.717) is 11.3 Å². The molecule has 0 fully saturated rings. The summed E-state index contributed by atoms with van der Waals surface area (Å²) in [5.74, 6) is -1.51. The number of hydrogen-bond donors (Lipinski definition) is 1. The smallest absolute Gasteiger partial charge is 0.133 e. The van der Waals surface area contributed by atoms with Gasteiger partial charge in [0.2, 0.25) is 0 Å². The fourth-order valence-electron chi connectivity index (χ4n) is 1.84. The maximum atomic E-state index is 13.6. The summed E-state index contributed by atoms with van der Waals surface area (Å²) in [6.45, 7) is 1.66. The molecule has 0 saturated carbocycles. The SMILES string of the molecule is Cc1nn(C)c(Cl)c1C(O)c1ccc(F)cc1F. The molecule has 0 saturated heterocycles. The quantitative estimate of drug-likeness (QED) is 0.913. The second-order valence-corrected chi connectivity index (χ2v) is 4.34. The summed E-state index contributed by atoms with van der Waals surface area (Å²) in [6.07, 6.45) is -1.27. The minimum absolute atomic E-state index is 0.0330. The number of aryl methyl sites for hydroxylation is 2. The van der Waals surface area contributed by atoms with Crippen molar-refractivity contribution in [3.63, 3.8) is 0 Å². The van der Waals surface area contributed by atoms with Crippen molar-refractivity contribution in [1.82, 2.24) is 9.78 Å². The van der Waals surface area contributed by atoms with Crippen molar-refractivity contribution in [1.29, 1.82) is 0 Å². The second kappa shape index (κ2) is 4.66. The molecule has 0 bridgehead atoms. The fourth-order valence-corrected chi connectivity index (χ4v) is 2.11. The molecule has 1 heterocycles. The maximum absolute atomic E-state index is 13.6. The van der Waals surface area contributed by atoms with E-state index in [2.05, 4.69) is 5.10 Å². The van der Waals surface area contributed by atoms with E-state index in [9.17, 15) is 13.9 Å². The molecule has 0 spiro atoms. The largest absolute Gasteiger partial charge is 0.383 e. The van der Waals surface area contributed by atoms with Gasteiger partial charge >= 0.3 is 0 Å². The van der Waals surface area contributed by atoms with Crippen molar-refractivity contribution >= 4 is 11.6 Å². The minimum atomic E-state index is -1.27. The number of hydrogen-bond acceptors (Lipinski definition) is 2. The van der Waals surface area contributed by atoms with Gasteiger partial charge in [-0.15, -0.1) is 0 Å². The van der Waals surface area contributed by atoms with E-state index < -0.39 is 17.7 Å². The first kappa shape index (κ1) is 13.0. The highest BCUT2D eigenvalue weighted by atomic mass is 35.5. The average molecular weight is 273 g/mol. The Morgan fingerprint density at radius 1 is 1.39 bits per heavy atom. The molecule has 0 aliphatic rings. The van der Waals surface area contributed by atoms with Crippen LogP contribution in [0.5, 0.6) is 0 Å². The van der Waals surface area contributed by atoms with Crippen molar-refractivity contribution in [3.8, 4) is 0 Å². The van der Waals surface area contributed by atoms with Crippen molar-refractivity contribution in [2.45, 2.75) is 13.0 Å². The second-order valence-electron chi connectivity index (χ2n) is 3.98. The molecule has 3 nitrogen and oxygen atoms in total. The third kappa shape index (κ3) is 2.11. The van der Waals surface area contributed by atoms with Crippen LogP contribution in [0.15, 0.2) is 18.2 Å². The number of aliphatic hydroxyl groups is 1. The Balaban J connectivity index is 2.51. The maximum Gasteiger partial charge on any atom is 0.133 e. The lowest BCUT2D eigenvalue weighted by Crippen LogP contribution is -2.04. The van der Waals surface area contributed by atoms with Gasteiger partial charge in [-0.2, -0.15) is 5.10 Å². The lowest BCUT2D eigenvalue weighted by Gasteiger charge is -2.12. The molecule has 96 valence electrons. The van der Waals surface area contributed by atoms with Gasteiger partial charge in [-0.3, -0.25) is 4.68 Å². The van der Waals surface area contributed by atoms with Crippen LogP contribution in [-0.2, 0) is 7.05 Å². The third-order valence-corrected chi connectivity index (χ3v) is 3.17. The summed E-state index contributed by atoms with van der Waals surface area (Å²) in [7, 11) is 1.62. The molecule has 2 rings (SSSR count). The lowest BCUT2D eigenvalue weighted by molar-refractivity contribution is 0.214. The summed E-state index contributed by atoms with van der Waals surface area (Å²) < 4.78 is 27.8. The van der Waals surface area contributed by atoms with Gasteiger partial charge < -0.3 is 5.11 Å². The first-order chi connectivity index (χ1) is 8.41. The Bertz CT molecular complexity index is 598. The number of aromatic nitrogens is 2. The van der Waals surface area contributed by atoms with E-state index in [1.807, 2.05) is 0 Å². The number of rotatable bonds is 2. The molecule has 0 radical (unpaired) electrons. The van der Waals surface area contributed by atoms with Gasteiger partial charge in [-0.1, -0.05) is 17.7 Å². The first-order valence-electron chi connectivity index (χ1n) is 5.23. The number of benzene rings is 1. The molecular formula is C12H11ClF2N2O. The van der Waals surface area contributed by atoms with Gasteiger partial charge in [0.05, 0.1) is 5.69 Å². The highest BCUT2D eigenvalue weighted by Crippen LogP contribution is 2.31. The predicted octanol–water partition coefficient (Wildman–Crippen LogP) is 2.74. The first-order valence-corrected chi connectivity index (χ1v) is 5.61. The van der Waals surface area contributed by atoms with Crippen molar-refractivity contribution < 1.29 is 13.9 Å².